The number of carbonyl (C=O) groups is 1. The van der Waals surface area contributed by atoms with Crippen molar-refractivity contribution in [1.82, 2.24) is 19.9 Å². The van der Waals surface area contributed by atoms with E-state index in [1.165, 1.54) is 19.1 Å². The largest absolute Gasteiger partial charge is 0.471 e. The predicted octanol–water partition coefficient (Wildman–Crippen LogP) is 2.83. The molecule has 3 aromatic rings. The molecule has 2 aromatic heterocycles. The number of aliphatic hydroxyl groups is 1. The van der Waals surface area contributed by atoms with E-state index >= 15 is 0 Å². The van der Waals surface area contributed by atoms with Crippen LogP contribution in [0.5, 0.6) is 11.9 Å². The van der Waals surface area contributed by atoms with Gasteiger partial charge in [-0.1, -0.05) is 17.7 Å². The summed E-state index contributed by atoms with van der Waals surface area (Å²) in [6.45, 7) is 1.22. The van der Waals surface area contributed by atoms with Crippen LogP contribution in [0.3, 0.4) is 0 Å². The minimum atomic E-state index is -0.731. The van der Waals surface area contributed by atoms with Gasteiger partial charge in [-0.15, -0.1) is 0 Å². The maximum absolute atomic E-state index is 13.8. The molecule has 0 aliphatic carbocycles. The van der Waals surface area contributed by atoms with Gasteiger partial charge in [0.1, 0.15) is 29.4 Å². The third-order valence-corrected chi connectivity index (χ3v) is 5.33. The number of carbonyl (C=O) groups excluding carboxylic acids is 1. The molecule has 1 aliphatic rings. The van der Waals surface area contributed by atoms with Crippen molar-refractivity contribution < 1.29 is 28.2 Å². The summed E-state index contributed by atoms with van der Waals surface area (Å²) in [4.78, 5) is 24.6. The van der Waals surface area contributed by atoms with Gasteiger partial charge in [-0.05, 0) is 18.2 Å². The van der Waals surface area contributed by atoms with Gasteiger partial charge in [0.25, 0.3) is 6.01 Å². The van der Waals surface area contributed by atoms with Crippen molar-refractivity contribution in [2.75, 3.05) is 13.2 Å². The third-order valence-electron chi connectivity index (χ3n) is 5.06. The van der Waals surface area contributed by atoms with E-state index in [2.05, 4.69) is 15.0 Å². The normalized spacial score (nSPS) is 18.5. The summed E-state index contributed by atoms with van der Waals surface area (Å²) < 4.78 is 38.8. The second kappa shape index (κ2) is 8.64. The fourth-order valence-corrected chi connectivity index (χ4v) is 3.73. The van der Waals surface area contributed by atoms with Crippen LogP contribution in [0.2, 0.25) is 5.02 Å². The topological polar surface area (TPSA) is 101 Å². The molecule has 164 valence electrons. The lowest BCUT2D eigenvalue weighted by atomic mass is 10.2. The zero-order chi connectivity index (χ0) is 22.1. The van der Waals surface area contributed by atoms with Crippen molar-refractivity contribution in [1.29, 1.82) is 0 Å². The van der Waals surface area contributed by atoms with Gasteiger partial charge >= 0.3 is 0 Å². The average Bonchev–Trinajstić information content (AvgIpc) is 3.30. The zero-order valence-corrected chi connectivity index (χ0v) is 17.2. The fourth-order valence-electron chi connectivity index (χ4n) is 3.52. The number of likely N-dealkylation sites (tertiary alicyclic amines) is 1. The lowest BCUT2D eigenvalue weighted by Gasteiger charge is -2.20. The molecule has 4 rings (SSSR count). The summed E-state index contributed by atoms with van der Waals surface area (Å²) in [5.41, 5.74) is 0.481. The Balaban J connectivity index is 1.49. The highest BCUT2D eigenvalue weighted by atomic mass is 35.5. The fraction of sp³-hybridized carbons (Fsp3) is 0.350. The molecule has 11 heteroatoms. The van der Waals surface area contributed by atoms with Gasteiger partial charge in [-0.25, -0.2) is 8.78 Å². The van der Waals surface area contributed by atoms with Crippen LogP contribution in [0.4, 0.5) is 8.78 Å². The monoisotopic (exact) mass is 452 g/mol. The molecule has 0 spiro atoms. The minimum absolute atomic E-state index is 0.0289. The first kappa shape index (κ1) is 21.3. The highest BCUT2D eigenvalue weighted by molar-refractivity contribution is 6.32. The van der Waals surface area contributed by atoms with Crippen LogP contribution in [-0.2, 0) is 11.4 Å². The van der Waals surface area contributed by atoms with Crippen LogP contribution in [0.15, 0.2) is 24.3 Å². The Hall–Kier alpha value is -2.98. The summed E-state index contributed by atoms with van der Waals surface area (Å²) in [5, 5.41) is 9.58. The number of aliphatic hydroxyl groups excluding tert-OH is 1. The molecule has 8 nitrogen and oxygen atoms in total. The highest BCUT2D eigenvalue weighted by Gasteiger charge is 2.35. The molecule has 2 N–H and O–H groups in total. The number of halogens is 3. The molecule has 1 saturated heterocycles. The lowest BCUT2D eigenvalue weighted by molar-refractivity contribution is -0.130. The van der Waals surface area contributed by atoms with E-state index in [0.29, 0.717) is 18.5 Å². The van der Waals surface area contributed by atoms with E-state index in [4.69, 9.17) is 21.1 Å². The Kier molecular flexibility index (Phi) is 5.92. The Bertz CT molecular complexity index is 1110. The smallest absolute Gasteiger partial charge is 0.296 e. The number of H-pyrrole nitrogens is 1. The number of amides is 1. The predicted molar refractivity (Wildman–Crippen MR) is 107 cm³/mol. The van der Waals surface area contributed by atoms with E-state index in [1.54, 1.807) is 4.90 Å². The number of imidazole rings is 1. The second-order valence-corrected chi connectivity index (χ2v) is 7.57. The van der Waals surface area contributed by atoms with Gasteiger partial charge in [-0.2, -0.15) is 9.97 Å². The summed E-state index contributed by atoms with van der Waals surface area (Å²) in [5.74, 6) is -1.63. The van der Waals surface area contributed by atoms with Gasteiger partial charge in [0.2, 0.25) is 11.8 Å². The molecule has 0 saturated carbocycles. The lowest BCUT2D eigenvalue weighted by Crippen LogP contribution is -2.36. The molecule has 1 aromatic carbocycles. The Morgan fingerprint density at radius 2 is 2.10 bits per heavy atom. The standard InChI is InChI=1S/C20H19ClF2N4O4/c1-10(29)27-7-12(5-11(27)8-28)31-20-24-17-6-14(21)19(25-18(17)26-20)30-9-13-15(22)3-2-4-16(13)23/h2-4,6,11-12,28H,5,7-9H2,1H3,(H,24,25,26)/t11-,12-/m0/s1. The SMILES string of the molecule is CC(=O)N1C[C@@H](Oc2nc3nc(OCc4c(F)cccc4F)c(Cl)cc3[nH]2)C[C@H]1CO. The first-order valence-corrected chi connectivity index (χ1v) is 9.90. The first-order valence-electron chi connectivity index (χ1n) is 9.52. The summed E-state index contributed by atoms with van der Waals surface area (Å²) in [6.07, 6.45) is 0.112. The Morgan fingerprint density at radius 3 is 2.74 bits per heavy atom. The van der Waals surface area contributed by atoms with Crippen LogP contribution < -0.4 is 9.47 Å². The molecule has 1 fully saturated rings. The molecule has 2 atom stereocenters. The Morgan fingerprint density at radius 1 is 1.35 bits per heavy atom. The first-order chi connectivity index (χ1) is 14.9. The third kappa shape index (κ3) is 4.40. The highest BCUT2D eigenvalue weighted by Crippen LogP contribution is 2.29. The molecular formula is C20H19ClF2N4O4. The average molecular weight is 453 g/mol. The number of nitrogens with zero attached hydrogens (tertiary/aromatic N) is 3. The van der Waals surface area contributed by atoms with E-state index in [-0.39, 0.29) is 52.8 Å². The molecule has 1 aliphatic heterocycles. The summed E-state index contributed by atoms with van der Waals surface area (Å²) in [6, 6.07) is 4.91. The van der Waals surface area contributed by atoms with Crippen molar-refractivity contribution in [3.63, 3.8) is 0 Å². The number of rotatable bonds is 6. The quantitative estimate of drug-likeness (QED) is 0.596. The van der Waals surface area contributed by atoms with Crippen molar-refractivity contribution >= 4 is 28.7 Å². The number of hydrogen-bond donors (Lipinski definition) is 2. The number of aromatic nitrogens is 3. The van der Waals surface area contributed by atoms with Gasteiger partial charge in [0, 0.05) is 13.3 Å². The van der Waals surface area contributed by atoms with Crippen molar-refractivity contribution in [2.24, 2.45) is 0 Å². The van der Waals surface area contributed by atoms with Crippen molar-refractivity contribution in [2.45, 2.75) is 32.1 Å². The van der Waals surface area contributed by atoms with Crippen LogP contribution in [0.25, 0.3) is 11.2 Å². The number of nitrogens with one attached hydrogen (secondary N) is 1. The molecule has 3 heterocycles. The number of aromatic amines is 1. The van der Waals surface area contributed by atoms with E-state index in [9.17, 15) is 18.7 Å². The maximum Gasteiger partial charge on any atom is 0.296 e. The zero-order valence-electron chi connectivity index (χ0n) is 16.4. The van der Waals surface area contributed by atoms with E-state index < -0.39 is 18.2 Å². The molecule has 1 amide bonds. The molecule has 31 heavy (non-hydrogen) atoms. The molecule has 0 unspecified atom stereocenters. The molecular weight excluding hydrogens is 434 g/mol. The second-order valence-electron chi connectivity index (χ2n) is 7.16. The number of benzene rings is 1. The van der Waals surface area contributed by atoms with E-state index in [0.717, 1.165) is 12.1 Å². The number of ether oxygens (including phenoxy) is 2. The van der Waals surface area contributed by atoms with Crippen LogP contribution in [0, 0.1) is 11.6 Å². The minimum Gasteiger partial charge on any atom is -0.471 e. The number of pyridine rings is 1. The van der Waals surface area contributed by atoms with Crippen LogP contribution in [-0.4, -0.2) is 56.2 Å². The molecule has 0 radical (unpaired) electrons. The summed E-state index contributed by atoms with van der Waals surface area (Å²) in [7, 11) is 0. The van der Waals surface area contributed by atoms with Gasteiger partial charge in [-0.3, -0.25) is 4.79 Å². The van der Waals surface area contributed by atoms with Crippen molar-refractivity contribution in [3.05, 3.63) is 46.5 Å². The van der Waals surface area contributed by atoms with Crippen LogP contribution >= 0.6 is 11.6 Å². The van der Waals surface area contributed by atoms with Gasteiger partial charge in [0.05, 0.1) is 30.3 Å². The maximum atomic E-state index is 13.8. The van der Waals surface area contributed by atoms with E-state index in [1.807, 2.05) is 0 Å². The molecule has 0 bridgehead atoms. The van der Waals surface area contributed by atoms with Gasteiger partial charge < -0.3 is 24.5 Å². The summed E-state index contributed by atoms with van der Waals surface area (Å²) >= 11 is 6.18. The Labute approximate surface area is 180 Å². The van der Waals surface area contributed by atoms with Crippen molar-refractivity contribution in [3.8, 4) is 11.9 Å². The van der Waals surface area contributed by atoms with Crippen LogP contribution in [0.1, 0.15) is 18.9 Å². The number of hydrogen-bond acceptors (Lipinski definition) is 6. The van der Waals surface area contributed by atoms with Gasteiger partial charge in [0.15, 0.2) is 5.65 Å². The number of fused-ring (bicyclic) bond motifs is 1.